The van der Waals surface area contributed by atoms with Crippen molar-refractivity contribution in [2.24, 2.45) is 0 Å². The molecule has 5 aromatic carbocycles. The van der Waals surface area contributed by atoms with Gasteiger partial charge in [-0.15, -0.1) is 22.7 Å². The van der Waals surface area contributed by atoms with Gasteiger partial charge in [-0.1, -0.05) is 34.8 Å². The molecule has 0 unspecified atom stereocenters. The molecule has 7 aromatic rings. The third-order valence-corrected chi connectivity index (χ3v) is 9.03. The highest BCUT2D eigenvalue weighted by Crippen LogP contribution is 2.26. The summed E-state index contributed by atoms with van der Waals surface area (Å²) < 4.78 is 2.24. The Morgan fingerprint density at radius 2 is 1.08 bits per heavy atom. The SMILES string of the molecule is Nc1ccc2scnc2c1.O=C(Cl)c1cc(Cl)ccc1O.O=C(Nc1ccc2scnc2c1)c1cc(Cl)ccc1O.O=C(O)c1cc(Cl)ccc1O. The molecule has 1 amide bonds. The summed E-state index contributed by atoms with van der Waals surface area (Å²) in [6.07, 6.45) is 0. The predicted octanol–water partition coefficient (Wildman–Crippen LogP) is 9.95. The number of rotatable bonds is 4. The van der Waals surface area contributed by atoms with Crippen molar-refractivity contribution in [1.29, 1.82) is 0 Å². The molecule has 11 nitrogen and oxygen atoms in total. The maximum atomic E-state index is 12.1. The van der Waals surface area contributed by atoms with E-state index in [1.54, 1.807) is 29.0 Å². The van der Waals surface area contributed by atoms with E-state index in [0.717, 1.165) is 21.4 Å². The zero-order valence-corrected chi connectivity index (χ0v) is 30.8. The van der Waals surface area contributed by atoms with Gasteiger partial charge in [0.2, 0.25) is 0 Å². The van der Waals surface area contributed by atoms with Gasteiger partial charge in [-0.2, -0.15) is 0 Å². The Hall–Kier alpha value is -5.15. The summed E-state index contributed by atoms with van der Waals surface area (Å²) in [7, 11) is 0. The molecule has 52 heavy (non-hydrogen) atoms. The van der Waals surface area contributed by atoms with Gasteiger partial charge in [-0.05, 0) is 103 Å². The molecule has 0 aliphatic heterocycles. The number of carbonyl (C=O) groups excluding carboxylic acids is 2. The van der Waals surface area contributed by atoms with E-state index in [-0.39, 0.29) is 33.9 Å². The minimum absolute atomic E-state index is 0.0270. The van der Waals surface area contributed by atoms with E-state index >= 15 is 0 Å². The van der Waals surface area contributed by atoms with Gasteiger partial charge in [0.15, 0.2) is 0 Å². The molecule has 0 aliphatic carbocycles. The highest BCUT2D eigenvalue weighted by atomic mass is 35.5. The predicted molar refractivity (Wildman–Crippen MR) is 208 cm³/mol. The van der Waals surface area contributed by atoms with E-state index < -0.39 is 17.1 Å². The zero-order valence-electron chi connectivity index (χ0n) is 26.1. The van der Waals surface area contributed by atoms with Crippen molar-refractivity contribution in [3.05, 3.63) is 134 Å². The number of aromatic nitrogens is 2. The number of nitrogens with one attached hydrogen (secondary N) is 1. The van der Waals surface area contributed by atoms with Crippen LogP contribution in [0.15, 0.2) is 102 Å². The van der Waals surface area contributed by atoms with Crippen LogP contribution in [0.25, 0.3) is 20.4 Å². The monoisotopic (exact) mass is 816 g/mol. The van der Waals surface area contributed by atoms with Crippen LogP contribution in [0.2, 0.25) is 15.1 Å². The Kier molecular flexibility index (Phi) is 14.0. The number of aromatic carboxylic acids is 1. The van der Waals surface area contributed by atoms with Crippen LogP contribution in [0.5, 0.6) is 17.2 Å². The van der Waals surface area contributed by atoms with Crippen LogP contribution in [-0.4, -0.2) is 47.5 Å². The Bertz CT molecular complexity index is 2330. The van der Waals surface area contributed by atoms with E-state index in [1.807, 2.05) is 29.8 Å². The topological polar surface area (TPSA) is 196 Å². The normalized spacial score (nSPS) is 10.2. The lowest BCUT2D eigenvalue weighted by Crippen LogP contribution is -2.12. The Morgan fingerprint density at radius 3 is 1.58 bits per heavy atom. The summed E-state index contributed by atoms with van der Waals surface area (Å²) in [5.74, 6) is -2.15. The molecule has 0 fully saturated rings. The number of carbonyl (C=O) groups is 3. The van der Waals surface area contributed by atoms with Gasteiger partial charge >= 0.3 is 5.97 Å². The molecule has 7 rings (SSSR count). The van der Waals surface area contributed by atoms with E-state index in [0.29, 0.717) is 20.8 Å². The van der Waals surface area contributed by atoms with Crippen LogP contribution in [0, 0.1) is 0 Å². The molecular formula is C35H24Cl4N4O7S2. The Morgan fingerprint density at radius 1 is 0.615 bits per heavy atom. The number of nitrogens with two attached hydrogens (primary N) is 1. The fourth-order valence-corrected chi connectivity index (χ4v) is 6.03. The van der Waals surface area contributed by atoms with Crippen molar-refractivity contribution in [2.75, 3.05) is 11.1 Å². The van der Waals surface area contributed by atoms with Gasteiger partial charge in [0.05, 0.1) is 42.6 Å². The van der Waals surface area contributed by atoms with E-state index in [4.69, 9.17) is 67.5 Å². The first kappa shape index (κ1) is 39.6. The zero-order chi connectivity index (χ0) is 37.9. The molecule has 0 atom stereocenters. The van der Waals surface area contributed by atoms with Crippen molar-refractivity contribution < 1.29 is 34.8 Å². The van der Waals surface area contributed by atoms with Crippen molar-refractivity contribution in [3.63, 3.8) is 0 Å². The number of anilines is 2. The van der Waals surface area contributed by atoms with Crippen LogP contribution < -0.4 is 11.1 Å². The summed E-state index contributed by atoms with van der Waals surface area (Å²) in [5, 5.41) is 39.2. The number of phenols is 3. The highest BCUT2D eigenvalue weighted by Gasteiger charge is 2.13. The van der Waals surface area contributed by atoms with Crippen LogP contribution in [0.4, 0.5) is 11.4 Å². The largest absolute Gasteiger partial charge is 0.507 e. The summed E-state index contributed by atoms with van der Waals surface area (Å²) >= 11 is 25.1. The van der Waals surface area contributed by atoms with Crippen LogP contribution in [0.1, 0.15) is 31.1 Å². The summed E-state index contributed by atoms with van der Waals surface area (Å²) in [4.78, 5) is 41.3. The minimum Gasteiger partial charge on any atom is -0.507 e. The van der Waals surface area contributed by atoms with E-state index in [2.05, 4.69) is 15.3 Å². The number of nitrogen functional groups attached to an aromatic ring is 1. The number of hydrogen-bond acceptors (Lipinski definition) is 11. The number of aromatic hydroxyl groups is 3. The number of benzene rings is 5. The number of carboxylic acids is 1. The number of hydrogen-bond donors (Lipinski definition) is 6. The van der Waals surface area contributed by atoms with Gasteiger partial charge < -0.3 is 31.5 Å². The average molecular weight is 819 g/mol. The molecule has 266 valence electrons. The second kappa shape index (κ2) is 18.4. The van der Waals surface area contributed by atoms with E-state index in [9.17, 15) is 19.5 Å². The second-order valence-corrected chi connectivity index (χ2v) is 13.6. The number of thiazole rings is 2. The summed E-state index contributed by atoms with van der Waals surface area (Å²) in [6, 6.07) is 23.5. The van der Waals surface area contributed by atoms with Gasteiger partial charge in [0.1, 0.15) is 22.8 Å². The average Bonchev–Trinajstić information content (AvgIpc) is 3.78. The smallest absolute Gasteiger partial charge is 0.339 e. The highest BCUT2D eigenvalue weighted by molar-refractivity contribution is 7.17. The van der Waals surface area contributed by atoms with Crippen LogP contribution in [-0.2, 0) is 0 Å². The third kappa shape index (κ3) is 11.2. The Balaban J connectivity index is 0.000000163. The number of nitrogens with zero attached hydrogens (tertiary/aromatic N) is 2. The van der Waals surface area contributed by atoms with Gasteiger partial charge in [-0.25, -0.2) is 14.8 Å². The number of phenolic OH excluding ortho intramolecular Hbond substituents is 2. The van der Waals surface area contributed by atoms with Crippen LogP contribution in [0.3, 0.4) is 0 Å². The van der Waals surface area contributed by atoms with Gasteiger partial charge in [-0.3, -0.25) is 9.59 Å². The van der Waals surface area contributed by atoms with Gasteiger partial charge in [0, 0.05) is 26.4 Å². The summed E-state index contributed by atoms with van der Waals surface area (Å²) in [5.41, 5.74) is 12.3. The summed E-state index contributed by atoms with van der Waals surface area (Å²) in [6.45, 7) is 0. The molecule has 2 heterocycles. The minimum atomic E-state index is -1.19. The fraction of sp³-hybridized carbons (Fsp3) is 0. The molecule has 0 saturated carbocycles. The van der Waals surface area contributed by atoms with Crippen molar-refractivity contribution in [1.82, 2.24) is 9.97 Å². The lowest BCUT2D eigenvalue weighted by Gasteiger charge is -2.07. The fourth-order valence-electron chi connectivity index (χ4n) is 4.04. The Labute approximate surface area is 323 Å². The first-order valence-electron chi connectivity index (χ1n) is 14.3. The number of carboxylic acid groups (broad SMARTS) is 1. The molecular weight excluding hydrogens is 794 g/mol. The number of amides is 1. The maximum Gasteiger partial charge on any atom is 0.339 e. The molecule has 2 aromatic heterocycles. The first-order chi connectivity index (χ1) is 24.7. The molecule has 0 bridgehead atoms. The molecule has 0 radical (unpaired) electrons. The van der Waals surface area contributed by atoms with Crippen molar-refractivity contribution in [3.8, 4) is 17.2 Å². The lowest BCUT2D eigenvalue weighted by atomic mass is 10.2. The molecule has 0 aliphatic rings. The van der Waals surface area contributed by atoms with Gasteiger partial charge in [0.25, 0.3) is 11.1 Å². The third-order valence-electron chi connectivity index (χ3n) is 6.51. The molecule has 7 N–H and O–H groups in total. The standard InChI is InChI=1S/C14H9ClN2O2S.C7H4Cl2O2.C7H5ClO3.C7H6N2S/c15-8-1-3-12(18)10(5-8)14(19)17-9-2-4-13-11(6-9)16-7-20-13;8-4-1-2-6(10)5(3-4)7(9)11;8-4-1-2-6(9)5(3-4)7(10)11;8-5-1-2-7-6(3-5)9-4-10-7/h1-7,18H,(H,17,19);1-3,10H;1-3,9H,(H,10,11);1-4H,8H2. The molecule has 0 spiro atoms. The maximum absolute atomic E-state index is 12.1. The number of halogens is 4. The second-order valence-electron chi connectivity index (χ2n) is 10.1. The van der Waals surface area contributed by atoms with E-state index in [1.165, 1.54) is 70.6 Å². The van der Waals surface area contributed by atoms with Crippen LogP contribution >= 0.6 is 69.1 Å². The van der Waals surface area contributed by atoms with Crippen molar-refractivity contribution in [2.45, 2.75) is 0 Å². The molecule has 17 heteroatoms. The first-order valence-corrected chi connectivity index (χ1v) is 17.6. The molecule has 0 saturated heterocycles. The quantitative estimate of drug-likeness (QED) is 0.0735. The lowest BCUT2D eigenvalue weighted by molar-refractivity contribution is 0.0693. The number of fused-ring (bicyclic) bond motifs is 2. The van der Waals surface area contributed by atoms with Crippen molar-refractivity contribution >= 4 is 118 Å².